The van der Waals surface area contributed by atoms with Gasteiger partial charge in [-0.1, -0.05) is 58.0 Å². The Balaban J connectivity index is 0.000000898. The minimum absolute atomic E-state index is 0.107. The Morgan fingerprint density at radius 3 is 2.41 bits per heavy atom. The summed E-state index contributed by atoms with van der Waals surface area (Å²) in [7, 11) is 0. The number of benzene rings is 1. The number of nitrogens with zero attached hydrogens (tertiary/aromatic N) is 4. The molecule has 0 atom stereocenters. The first-order chi connectivity index (χ1) is 17.6. The Morgan fingerprint density at radius 2 is 1.84 bits per heavy atom. The molecule has 2 N–H and O–H groups in total. The molecule has 3 heterocycles. The number of nitrogens with one attached hydrogen (secondary N) is 1. The fourth-order valence-corrected chi connectivity index (χ4v) is 3.93. The van der Waals surface area contributed by atoms with Crippen LogP contribution in [0.4, 0.5) is 4.39 Å². The van der Waals surface area contributed by atoms with Gasteiger partial charge in [-0.15, -0.1) is 0 Å². The van der Waals surface area contributed by atoms with Crippen LogP contribution in [0.1, 0.15) is 76.5 Å². The summed E-state index contributed by atoms with van der Waals surface area (Å²) in [4.78, 5) is 19.7. The van der Waals surface area contributed by atoms with Gasteiger partial charge in [-0.25, -0.2) is 9.37 Å². The Hall–Kier alpha value is -3.46. The number of aromatic nitrogens is 3. The summed E-state index contributed by atoms with van der Waals surface area (Å²) >= 11 is 0. The predicted octanol–water partition coefficient (Wildman–Crippen LogP) is 5.34. The maximum atomic E-state index is 13.1. The molecule has 1 aliphatic rings. The van der Waals surface area contributed by atoms with E-state index in [9.17, 15) is 14.3 Å². The highest BCUT2D eigenvalue weighted by molar-refractivity contribution is 5.63. The summed E-state index contributed by atoms with van der Waals surface area (Å²) in [5, 5.41) is 17.7. The smallest absolute Gasteiger partial charge is 0.296 e. The van der Waals surface area contributed by atoms with E-state index in [-0.39, 0.29) is 11.5 Å². The van der Waals surface area contributed by atoms with Crippen molar-refractivity contribution in [3.63, 3.8) is 0 Å². The molecule has 1 aliphatic heterocycles. The van der Waals surface area contributed by atoms with Crippen LogP contribution < -0.4 is 10.9 Å². The van der Waals surface area contributed by atoms with Crippen LogP contribution in [0.25, 0.3) is 5.70 Å². The second-order valence-electron chi connectivity index (χ2n) is 9.16. The third-order valence-corrected chi connectivity index (χ3v) is 5.81. The fourth-order valence-electron chi connectivity index (χ4n) is 3.93. The van der Waals surface area contributed by atoms with Gasteiger partial charge in [0.2, 0.25) is 5.75 Å². The molecule has 3 aromatic rings. The molecule has 0 saturated heterocycles. The van der Waals surface area contributed by atoms with Gasteiger partial charge in [-0.3, -0.25) is 14.3 Å². The number of hydrogen-bond donors (Lipinski definition) is 2. The average Bonchev–Trinajstić information content (AvgIpc) is 3.29. The number of aromatic hydroxyl groups is 1. The zero-order valence-corrected chi connectivity index (χ0v) is 23.1. The first-order valence-corrected chi connectivity index (χ1v) is 12.8. The lowest BCUT2D eigenvalue weighted by Gasteiger charge is -2.42. The minimum Gasteiger partial charge on any atom is -0.501 e. The summed E-state index contributed by atoms with van der Waals surface area (Å²) in [6.45, 7) is 19.9. The zero-order valence-electron chi connectivity index (χ0n) is 23.1. The van der Waals surface area contributed by atoms with Crippen molar-refractivity contribution in [1.82, 2.24) is 24.9 Å². The van der Waals surface area contributed by atoms with Crippen LogP contribution in [0.2, 0.25) is 0 Å². The van der Waals surface area contributed by atoms with Crippen molar-refractivity contribution in [1.29, 1.82) is 0 Å². The van der Waals surface area contributed by atoms with Crippen molar-refractivity contribution in [2.75, 3.05) is 6.54 Å². The van der Waals surface area contributed by atoms with Crippen LogP contribution in [-0.2, 0) is 25.2 Å². The van der Waals surface area contributed by atoms with Crippen molar-refractivity contribution in [3.8, 4) is 5.75 Å². The van der Waals surface area contributed by atoms with Crippen LogP contribution in [-0.4, -0.2) is 31.3 Å². The van der Waals surface area contributed by atoms with Gasteiger partial charge in [0.15, 0.2) is 0 Å². The molecule has 9 heteroatoms. The van der Waals surface area contributed by atoms with Crippen LogP contribution in [0.3, 0.4) is 0 Å². The van der Waals surface area contributed by atoms with E-state index in [0.29, 0.717) is 37.7 Å². The van der Waals surface area contributed by atoms with Crippen molar-refractivity contribution in [2.45, 2.75) is 80.1 Å². The number of hydrogen-bond acceptors (Lipinski definition) is 7. The number of aryl methyl sites for hydroxylation is 1. The minimum atomic E-state index is -0.607. The highest BCUT2D eigenvalue weighted by Crippen LogP contribution is 2.32. The normalized spacial score (nSPS) is 13.9. The second-order valence-corrected chi connectivity index (χ2v) is 9.16. The van der Waals surface area contributed by atoms with Gasteiger partial charge in [0, 0.05) is 32.2 Å². The maximum absolute atomic E-state index is 13.1. The Labute approximate surface area is 218 Å². The van der Waals surface area contributed by atoms with Gasteiger partial charge in [-0.2, -0.15) is 0 Å². The molecule has 0 radical (unpaired) electrons. The molecular weight excluding hydrogens is 473 g/mol. The molecule has 0 spiro atoms. The van der Waals surface area contributed by atoms with Crippen LogP contribution in [0.5, 0.6) is 5.75 Å². The van der Waals surface area contributed by atoms with Crippen molar-refractivity contribution in [2.24, 2.45) is 0 Å². The molecule has 1 aromatic carbocycles. The fraction of sp³-hybridized carbons (Fsp3) is 0.464. The molecule has 37 heavy (non-hydrogen) atoms. The SMILES string of the molecule is C=C(NCc1ccc(F)cc1)c1nc2n(c(=O)c1O)CCN(Cc1cc(C)on1)C2(C)C.CC.CCC. The van der Waals surface area contributed by atoms with Crippen molar-refractivity contribution < 1.29 is 14.0 Å². The molecule has 0 unspecified atom stereocenters. The Bertz CT molecular complexity index is 1230. The van der Waals surface area contributed by atoms with Gasteiger partial charge in [0.25, 0.3) is 5.56 Å². The lowest BCUT2D eigenvalue weighted by atomic mass is 9.97. The molecule has 0 bridgehead atoms. The molecule has 0 aliphatic carbocycles. The molecule has 8 nitrogen and oxygen atoms in total. The van der Waals surface area contributed by atoms with Gasteiger partial charge in [0.1, 0.15) is 23.1 Å². The summed E-state index contributed by atoms with van der Waals surface area (Å²) < 4.78 is 19.8. The van der Waals surface area contributed by atoms with Gasteiger partial charge >= 0.3 is 0 Å². The highest BCUT2D eigenvalue weighted by atomic mass is 19.1. The molecule has 4 rings (SSSR count). The first-order valence-electron chi connectivity index (χ1n) is 12.8. The summed E-state index contributed by atoms with van der Waals surface area (Å²) in [5.41, 5.74) is 0.943. The molecule has 0 fully saturated rings. The van der Waals surface area contributed by atoms with Crippen LogP contribution in [0.15, 0.2) is 46.2 Å². The number of rotatable bonds is 6. The van der Waals surface area contributed by atoms with Crippen LogP contribution in [0, 0.1) is 12.7 Å². The molecule has 2 aromatic heterocycles. The molecule has 0 saturated carbocycles. The third-order valence-electron chi connectivity index (χ3n) is 5.81. The van der Waals surface area contributed by atoms with Crippen molar-refractivity contribution >= 4 is 5.70 Å². The number of fused-ring (bicyclic) bond motifs is 1. The molecular formula is C28H40FN5O3. The quantitative estimate of drug-likeness (QED) is 0.459. The third kappa shape index (κ3) is 7.07. The Morgan fingerprint density at radius 1 is 1.22 bits per heavy atom. The predicted molar refractivity (Wildman–Crippen MR) is 144 cm³/mol. The lowest BCUT2D eigenvalue weighted by molar-refractivity contribution is 0.0634. The van der Waals surface area contributed by atoms with E-state index in [0.717, 1.165) is 17.0 Å². The monoisotopic (exact) mass is 513 g/mol. The standard InChI is InChI=1S/C23H26FN5O3.C3H8.C2H6/c1-14-11-18(27-32-14)13-28-9-10-29-21(31)20(30)19(26-22(29)23(28,3)4)15(2)25-12-16-5-7-17(24)8-6-16;1-3-2;1-2/h5-8,11,25,30H,2,9-10,12-13H2,1,3-4H3;3H2,1-2H3;1-2H3. The summed E-state index contributed by atoms with van der Waals surface area (Å²) in [6, 6.07) is 7.92. The van der Waals surface area contributed by atoms with Gasteiger partial charge in [-0.05, 0) is 38.5 Å². The lowest BCUT2D eigenvalue weighted by Crippen LogP contribution is -2.52. The second kappa shape index (κ2) is 13.2. The topological polar surface area (TPSA) is 96.4 Å². The van der Waals surface area contributed by atoms with Gasteiger partial charge in [0.05, 0.1) is 16.9 Å². The Kier molecular flexibility index (Phi) is 10.6. The van der Waals surface area contributed by atoms with Crippen LogP contribution >= 0.6 is 0 Å². The summed E-state index contributed by atoms with van der Waals surface area (Å²) in [6.07, 6.45) is 1.25. The van der Waals surface area contributed by atoms with Gasteiger partial charge < -0.3 is 14.9 Å². The summed E-state index contributed by atoms with van der Waals surface area (Å²) in [5.74, 6) is 0.510. The van der Waals surface area contributed by atoms with E-state index in [1.54, 1.807) is 12.1 Å². The van der Waals surface area contributed by atoms with E-state index in [1.807, 2.05) is 40.7 Å². The first kappa shape index (κ1) is 29.8. The van der Waals surface area contributed by atoms with E-state index >= 15 is 0 Å². The zero-order chi connectivity index (χ0) is 27.8. The van der Waals surface area contributed by atoms with E-state index in [2.05, 4.69) is 40.8 Å². The van der Waals surface area contributed by atoms with Crippen molar-refractivity contribution in [3.05, 3.63) is 81.6 Å². The van der Waals surface area contributed by atoms with E-state index < -0.39 is 16.8 Å². The molecule has 202 valence electrons. The highest BCUT2D eigenvalue weighted by Gasteiger charge is 2.38. The van der Waals surface area contributed by atoms with E-state index in [1.165, 1.54) is 23.1 Å². The molecule has 0 amide bonds. The maximum Gasteiger partial charge on any atom is 0.296 e. The average molecular weight is 514 g/mol. The largest absolute Gasteiger partial charge is 0.501 e. The van der Waals surface area contributed by atoms with E-state index in [4.69, 9.17) is 4.52 Å². The number of halogens is 1.